The summed E-state index contributed by atoms with van der Waals surface area (Å²) in [6, 6.07) is 4.51. The second-order valence-electron chi connectivity index (χ2n) is 7.10. The molecular formula is C19H23FN2O2. The summed E-state index contributed by atoms with van der Waals surface area (Å²) in [7, 11) is 0. The van der Waals surface area contributed by atoms with Crippen molar-refractivity contribution in [2.75, 3.05) is 13.1 Å². The molecule has 1 aliphatic heterocycles. The van der Waals surface area contributed by atoms with Crippen LogP contribution in [0.25, 0.3) is 11.0 Å². The molecule has 4 rings (SSSR count). The van der Waals surface area contributed by atoms with Crippen LogP contribution in [-0.4, -0.2) is 19.0 Å². The summed E-state index contributed by atoms with van der Waals surface area (Å²) >= 11 is 0. The van der Waals surface area contributed by atoms with Crippen molar-refractivity contribution >= 4 is 16.9 Å². The Hall–Kier alpha value is -1.88. The minimum atomic E-state index is -0.273. The van der Waals surface area contributed by atoms with Gasteiger partial charge in [0.05, 0.1) is 6.54 Å². The first kappa shape index (κ1) is 15.6. The number of fused-ring (bicyclic) bond motifs is 1. The molecule has 0 radical (unpaired) electrons. The monoisotopic (exact) mass is 330 g/mol. The van der Waals surface area contributed by atoms with E-state index in [-0.39, 0.29) is 17.6 Å². The highest BCUT2D eigenvalue weighted by atomic mass is 19.1. The Morgan fingerprint density at radius 2 is 2.17 bits per heavy atom. The van der Waals surface area contributed by atoms with Crippen molar-refractivity contribution < 1.29 is 13.6 Å². The van der Waals surface area contributed by atoms with Crippen LogP contribution in [0.15, 0.2) is 22.6 Å². The van der Waals surface area contributed by atoms with Crippen LogP contribution in [0.1, 0.15) is 30.6 Å². The summed E-state index contributed by atoms with van der Waals surface area (Å²) in [5.74, 6) is 1.98. The molecule has 0 spiro atoms. The molecule has 2 atom stereocenters. The zero-order valence-corrected chi connectivity index (χ0v) is 13.9. The molecule has 0 bridgehead atoms. The lowest BCUT2D eigenvalue weighted by molar-refractivity contribution is -0.123. The van der Waals surface area contributed by atoms with Gasteiger partial charge in [-0.3, -0.25) is 4.79 Å². The molecule has 2 fully saturated rings. The fourth-order valence-electron chi connectivity index (χ4n) is 4.02. The smallest absolute Gasteiger partial charge is 0.223 e. The third-order valence-electron chi connectivity index (χ3n) is 5.59. The Balaban J connectivity index is 1.37. The molecule has 1 aromatic heterocycles. The average Bonchev–Trinajstić information content (AvgIpc) is 3.34. The van der Waals surface area contributed by atoms with Crippen molar-refractivity contribution in [1.82, 2.24) is 10.6 Å². The largest absolute Gasteiger partial charge is 0.459 e. The van der Waals surface area contributed by atoms with Crippen molar-refractivity contribution in [3.63, 3.8) is 0 Å². The van der Waals surface area contributed by atoms with E-state index in [1.165, 1.54) is 25.0 Å². The fraction of sp³-hybridized carbons (Fsp3) is 0.526. The lowest BCUT2D eigenvalue weighted by Crippen LogP contribution is -2.31. The number of piperidine rings is 1. The number of amides is 1. The van der Waals surface area contributed by atoms with Gasteiger partial charge in [0.1, 0.15) is 17.2 Å². The maximum Gasteiger partial charge on any atom is 0.223 e. The number of hydrogen-bond acceptors (Lipinski definition) is 3. The number of carbonyl (C=O) groups excluding carboxylic acids is 1. The van der Waals surface area contributed by atoms with Gasteiger partial charge in [0, 0.05) is 16.9 Å². The highest BCUT2D eigenvalue weighted by Gasteiger charge is 2.47. The van der Waals surface area contributed by atoms with Gasteiger partial charge in [0.2, 0.25) is 5.91 Å². The number of furan rings is 1. The molecule has 24 heavy (non-hydrogen) atoms. The van der Waals surface area contributed by atoms with E-state index in [1.54, 1.807) is 6.07 Å². The van der Waals surface area contributed by atoms with Crippen molar-refractivity contribution in [3.8, 4) is 0 Å². The van der Waals surface area contributed by atoms with E-state index in [0.717, 1.165) is 30.5 Å². The Bertz CT molecular complexity index is 764. The Morgan fingerprint density at radius 1 is 1.38 bits per heavy atom. The molecule has 128 valence electrons. The zero-order valence-electron chi connectivity index (χ0n) is 13.9. The van der Waals surface area contributed by atoms with E-state index in [9.17, 15) is 9.18 Å². The summed E-state index contributed by atoms with van der Waals surface area (Å²) in [4.78, 5) is 12.4. The van der Waals surface area contributed by atoms with Gasteiger partial charge in [-0.2, -0.15) is 0 Å². The first-order valence-electron chi connectivity index (χ1n) is 8.79. The van der Waals surface area contributed by atoms with Crippen LogP contribution in [0.2, 0.25) is 0 Å². The van der Waals surface area contributed by atoms with E-state index < -0.39 is 0 Å². The summed E-state index contributed by atoms with van der Waals surface area (Å²) in [6.07, 6.45) is 3.38. The van der Waals surface area contributed by atoms with Crippen molar-refractivity contribution in [3.05, 3.63) is 35.3 Å². The predicted octanol–water partition coefficient (Wildman–Crippen LogP) is 3.13. The van der Waals surface area contributed by atoms with Gasteiger partial charge in [0.15, 0.2) is 0 Å². The highest BCUT2D eigenvalue weighted by Crippen LogP contribution is 2.47. The van der Waals surface area contributed by atoms with Gasteiger partial charge >= 0.3 is 0 Å². The Morgan fingerprint density at radius 3 is 2.96 bits per heavy atom. The summed E-state index contributed by atoms with van der Waals surface area (Å²) in [5.41, 5.74) is 1.56. The molecule has 2 N–H and O–H groups in total. The number of rotatable bonds is 4. The van der Waals surface area contributed by atoms with E-state index in [2.05, 4.69) is 10.6 Å². The number of halogens is 1. The van der Waals surface area contributed by atoms with Crippen LogP contribution in [0.4, 0.5) is 4.39 Å². The van der Waals surface area contributed by atoms with Gasteiger partial charge in [-0.1, -0.05) is 0 Å². The van der Waals surface area contributed by atoms with E-state index >= 15 is 0 Å². The molecule has 1 aliphatic carbocycles. The summed E-state index contributed by atoms with van der Waals surface area (Å²) in [5, 5.41) is 7.15. The number of carbonyl (C=O) groups is 1. The number of aryl methyl sites for hydroxylation is 1. The molecule has 1 aromatic carbocycles. The van der Waals surface area contributed by atoms with Gasteiger partial charge in [-0.05, 0) is 69.3 Å². The van der Waals surface area contributed by atoms with Crippen LogP contribution < -0.4 is 10.6 Å². The number of hydrogen-bond donors (Lipinski definition) is 2. The second-order valence-corrected chi connectivity index (χ2v) is 7.10. The molecule has 1 saturated carbocycles. The predicted molar refractivity (Wildman–Crippen MR) is 89.9 cm³/mol. The van der Waals surface area contributed by atoms with E-state index in [1.807, 2.05) is 6.92 Å². The maximum atomic E-state index is 13.4. The standard InChI is InChI=1S/C19H23FN2O2/c1-11-14-8-13(20)2-3-17(14)24-18(11)10-22-19(23)16-9-15(16)12-4-6-21-7-5-12/h2-3,8,12,15-16,21H,4-7,9-10H2,1H3,(H,22,23)/t15-,16+/m0/s1. The lowest BCUT2D eigenvalue weighted by Gasteiger charge is -2.22. The lowest BCUT2D eigenvalue weighted by atomic mass is 9.92. The SMILES string of the molecule is Cc1c(CNC(=O)[C@@H]2C[C@H]2C2CCNCC2)oc2ccc(F)cc12. The third kappa shape index (κ3) is 2.93. The molecule has 4 nitrogen and oxygen atoms in total. The molecular weight excluding hydrogens is 307 g/mol. The van der Waals surface area contributed by atoms with Crippen LogP contribution in [-0.2, 0) is 11.3 Å². The topological polar surface area (TPSA) is 54.3 Å². The highest BCUT2D eigenvalue weighted by molar-refractivity contribution is 5.83. The molecule has 2 aliphatic rings. The van der Waals surface area contributed by atoms with E-state index in [0.29, 0.717) is 29.7 Å². The van der Waals surface area contributed by atoms with Gasteiger partial charge in [0.25, 0.3) is 0 Å². The molecule has 2 aromatic rings. The number of nitrogens with one attached hydrogen (secondary N) is 2. The van der Waals surface area contributed by atoms with Gasteiger partial charge in [-0.25, -0.2) is 4.39 Å². The molecule has 1 amide bonds. The Labute approximate surface area is 140 Å². The molecule has 2 heterocycles. The zero-order chi connectivity index (χ0) is 16.7. The second kappa shape index (κ2) is 6.20. The summed E-state index contributed by atoms with van der Waals surface area (Å²) in [6.45, 7) is 4.42. The minimum Gasteiger partial charge on any atom is -0.459 e. The fourth-order valence-corrected chi connectivity index (χ4v) is 4.02. The van der Waals surface area contributed by atoms with Crippen LogP contribution in [0, 0.1) is 30.5 Å². The molecule has 1 saturated heterocycles. The summed E-state index contributed by atoms with van der Waals surface area (Å²) < 4.78 is 19.1. The van der Waals surface area contributed by atoms with Crippen molar-refractivity contribution in [2.45, 2.75) is 32.7 Å². The molecule has 0 unspecified atom stereocenters. The maximum absolute atomic E-state index is 13.4. The van der Waals surface area contributed by atoms with Crippen LogP contribution >= 0.6 is 0 Å². The van der Waals surface area contributed by atoms with Gasteiger partial charge in [-0.15, -0.1) is 0 Å². The van der Waals surface area contributed by atoms with Crippen LogP contribution in [0.5, 0.6) is 0 Å². The average molecular weight is 330 g/mol. The minimum absolute atomic E-state index is 0.129. The Kier molecular flexibility index (Phi) is 4.04. The third-order valence-corrected chi connectivity index (χ3v) is 5.59. The van der Waals surface area contributed by atoms with E-state index in [4.69, 9.17) is 4.42 Å². The van der Waals surface area contributed by atoms with Crippen LogP contribution in [0.3, 0.4) is 0 Å². The number of benzene rings is 1. The normalized spacial score (nSPS) is 24.2. The van der Waals surface area contributed by atoms with Crippen molar-refractivity contribution in [2.24, 2.45) is 17.8 Å². The van der Waals surface area contributed by atoms with Gasteiger partial charge < -0.3 is 15.1 Å². The molecule has 5 heteroatoms. The first-order valence-corrected chi connectivity index (χ1v) is 8.79. The first-order chi connectivity index (χ1) is 11.6. The van der Waals surface area contributed by atoms with Crippen molar-refractivity contribution in [1.29, 1.82) is 0 Å². The quantitative estimate of drug-likeness (QED) is 0.905.